The Hall–Kier alpha value is -4.59. The second-order valence-corrected chi connectivity index (χ2v) is 10.5. The smallest absolute Gasteiger partial charge is 0.258 e. The van der Waals surface area contributed by atoms with Crippen LogP contribution in [-0.4, -0.2) is 44.4 Å². The van der Waals surface area contributed by atoms with Crippen LogP contribution in [0.15, 0.2) is 97.1 Å². The number of ether oxygens (including phenoxy) is 1. The minimum absolute atomic E-state index is 0.00835. The summed E-state index contributed by atoms with van der Waals surface area (Å²) in [5.74, 6) is 0.491. The maximum Gasteiger partial charge on any atom is 0.258 e. The number of carbonyl (C=O) groups is 2. The zero-order chi connectivity index (χ0) is 28.9. The van der Waals surface area contributed by atoms with Gasteiger partial charge in [-0.25, -0.2) is 0 Å². The first-order chi connectivity index (χ1) is 19.8. The molecule has 0 aromatic heterocycles. The zero-order valence-electron chi connectivity index (χ0n) is 23.1. The first-order valence-electron chi connectivity index (χ1n) is 13.2. The molecule has 0 fully saturated rings. The number of nitrogens with one attached hydrogen (secondary N) is 2. The molecule has 0 unspecified atom stereocenters. The summed E-state index contributed by atoms with van der Waals surface area (Å²) in [6.07, 6.45) is 0. The van der Waals surface area contributed by atoms with Gasteiger partial charge >= 0.3 is 0 Å². The van der Waals surface area contributed by atoms with E-state index < -0.39 is 0 Å². The van der Waals surface area contributed by atoms with Gasteiger partial charge in [-0.05, 0) is 85.9 Å². The molecule has 5 rings (SSSR count). The van der Waals surface area contributed by atoms with E-state index >= 15 is 0 Å². The van der Waals surface area contributed by atoms with Crippen molar-refractivity contribution in [3.63, 3.8) is 0 Å². The second kappa shape index (κ2) is 12.3. The fraction of sp³-hybridized carbons (Fsp3) is 0.152. The highest BCUT2D eigenvalue weighted by molar-refractivity contribution is 6.38. The monoisotopic (exact) mass is 566 g/mol. The number of rotatable bonds is 9. The van der Waals surface area contributed by atoms with Crippen molar-refractivity contribution in [3.8, 4) is 5.75 Å². The van der Waals surface area contributed by atoms with Crippen molar-refractivity contribution in [1.82, 2.24) is 4.90 Å². The molecule has 0 saturated carbocycles. The highest BCUT2D eigenvalue weighted by Gasteiger charge is 2.28. The van der Waals surface area contributed by atoms with Gasteiger partial charge in [0.2, 0.25) is 5.91 Å². The van der Waals surface area contributed by atoms with Crippen LogP contribution in [0.25, 0.3) is 11.3 Å². The molecule has 0 spiro atoms. The van der Waals surface area contributed by atoms with E-state index in [0.717, 1.165) is 33.8 Å². The van der Waals surface area contributed by atoms with Gasteiger partial charge in [-0.2, -0.15) is 0 Å². The second-order valence-electron chi connectivity index (χ2n) is 10.1. The molecule has 8 heteroatoms. The van der Waals surface area contributed by atoms with Crippen LogP contribution < -0.4 is 20.3 Å². The lowest BCUT2D eigenvalue weighted by atomic mass is 10.00. The molecule has 1 aliphatic heterocycles. The Balaban J connectivity index is 1.45. The van der Waals surface area contributed by atoms with Crippen LogP contribution in [-0.2, 0) is 16.2 Å². The molecule has 4 aromatic rings. The minimum Gasteiger partial charge on any atom is -0.489 e. The molecule has 0 atom stereocenters. The Morgan fingerprint density at radius 2 is 1.61 bits per heavy atom. The van der Waals surface area contributed by atoms with E-state index in [9.17, 15) is 9.59 Å². The van der Waals surface area contributed by atoms with Gasteiger partial charge in [0.1, 0.15) is 12.4 Å². The van der Waals surface area contributed by atoms with E-state index in [1.54, 1.807) is 24.1 Å². The minimum atomic E-state index is -0.222. The number of amides is 2. The molecular formula is C33H31ClN4O3. The molecular weight excluding hydrogens is 536 g/mol. The molecule has 4 aromatic carbocycles. The van der Waals surface area contributed by atoms with E-state index in [-0.39, 0.29) is 11.8 Å². The molecule has 0 saturated heterocycles. The van der Waals surface area contributed by atoms with Gasteiger partial charge in [0.05, 0.1) is 23.5 Å². The van der Waals surface area contributed by atoms with Crippen LogP contribution in [0.1, 0.15) is 16.7 Å². The molecule has 7 nitrogen and oxygen atoms in total. The Bertz CT molecular complexity index is 1580. The summed E-state index contributed by atoms with van der Waals surface area (Å²) >= 11 is 6.20. The Labute approximate surface area is 245 Å². The highest BCUT2D eigenvalue weighted by Crippen LogP contribution is 2.39. The molecule has 1 aliphatic rings. The van der Waals surface area contributed by atoms with Crippen molar-refractivity contribution in [1.29, 1.82) is 0 Å². The van der Waals surface area contributed by atoms with Gasteiger partial charge < -0.3 is 25.2 Å². The van der Waals surface area contributed by atoms with Crippen molar-refractivity contribution >= 4 is 51.7 Å². The maximum absolute atomic E-state index is 13.3. The molecule has 2 N–H and O–H groups in total. The fourth-order valence-corrected chi connectivity index (χ4v) is 4.74. The van der Waals surface area contributed by atoms with E-state index in [4.69, 9.17) is 16.3 Å². The van der Waals surface area contributed by atoms with Crippen molar-refractivity contribution in [2.24, 2.45) is 0 Å². The van der Waals surface area contributed by atoms with Crippen molar-refractivity contribution < 1.29 is 14.3 Å². The van der Waals surface area contributed by atoms with Gasteiger partial charge in [-0.15, -0.1) is 0 Å². The Morgan fingerprint density at radius 1 is 0.902 bits per heavy atom. The van der Waals surface area contributed by atoms with Gasteiger partial charge in [0.15, 0.2) is 0 Å². The number of nitrogens with zero attached hydrogens (tertiary/aromatic N) is 2. The molecule has 41 heavy (non-hydrogen) atoms. The third-order valence-electron chi connectivity index (χ3n) is 6.72. The maximum atomic E-state index is 13.3. The van der Waals surface area contributed by atoms with Gasteiger partial charge in [0, 0.05) is 29.0 Å². The number of likely N-dealkylation sites (N-methyl/N-ethyl adjacent to an activating group) is 2. The van der Waals surface area contributed by atoms with Crippen LogP contribution in [0.5, 0.6) is 5.75 Å². The van der Waals surface area contributed by atoms with Gasteiger partial charge in [-0.1, -0.05) is 48.0 Å². The standard InChI is InChI=1S/C33H31ClN4O3/c1-37(2)20-30(39)38(3)26-14-12-25(13-15-26)35-32(31-28-18-11-24(34)19-29(28)36-33(31)40)23-9-16-27(17-10-23)41-21-22-7-5-4-6-8-22/h4-19,35H,20-21H2,1-3H3,(H,36,40). The number of halogens is 1. The van der Waals surface area contributed by atoms with Crippen molar-refractivity contribution in [2.45, 2.75) is 6.61 Å². The SMILES string of the molecule is CN(C)CC(=O)N(C)c1ccc(NC(=C2C(=O)Nc3cc(Cl)ccc32)c2ccc(OCc3ccccc3)cc2)cc1. The molecule has 208 valence electrons. The normalized spacial score (nSPS) is 13.4. The summed E-state index contributed by atoms with van der Waals surface area (Å²) in [5, 5.41) is 6.94. The van der Waals surface area contributed by atoms with Crippen molar-refractivity contribution in [2.75, 3.05) is 43.2 Å². The van der Waals surface area contributed by atoms with Crippen LogP contribution in [0.4, 0.5) is 17.1 Å². The lowest BCUT2D eigenvalue weighted by molar-refractivity contribution is -0.119. The predicted molar refractivity (Wildman–Crippen MR) is 166 cm³/mol. The average Bonchev–Trinajstić information content (AvgIpc) is 3.29. The number of hydrogen-bond donors (Lipinski definition) is 2. The third kappa shape index (κ3) is 6.60. The zero-order valence-corrected chi connectivity index (χ0v) is 23.9. The fourth-order valence-electron chi connectivity index (χ4n) is 4.56. The molecule has 0 radical (unpaired) electrons. The topological polar surface area (TPSA) is 73.9 Å². The van der Waals surface area contributed by atoms with Crippen LogP contribution in [0, 0.1) is 0 Å². The quantitative estimate of drug-likeness (QED) is 0.230. The average molecular weight is 567 g/mol. The van der Waals surface area contributed by atoms with E-state index in [0.29, 0.717) is 35.1 Å². The van der Waals surface area contributed by atoms with Crippen LogP contribution in [0.3, 0.4) is 0 Å². The predicted octanol–water partition coefficient (Wildman–Crippen LogP) is 6.38. The van der Waals surface area contributed by atoms with E-state index in [2.05, 4.69) is 10.6 Å². The van der Waals surface area contributed by atoms with E-state index in [1.165, 1.54) is 0 Å². The summed E-state index contributed by atoms with van der Waals surface area (Å²) in [6.45, 7) is 0.775. The largest absolute Gasteiger partial charge is 0.489 e. The summed E-state index contributed by atoms with van der Waals surface area (Å²) < 4.78 is 5.97. The number of anilines is 3. The first-order valence-corrected chi connectivity index (χ1v) is 13.6. The summed E-state index contributed by atoms with van der Waals surface area (Å²) in [6, 6.07) is 30.5. The Morgan fingerprint density at radius 3 is 2.29 bits per heavy atom. The van der Waals surface area contributed by atoms with Crippen molar-refractivity contribution in [3.05, 3.63) is 119 Å². The van der Waals surface area contributed by atoms with Gasteiger partial charge in [-0.3, -0.25) is 9.59 Å². The lowest BCUT2D eigenvalue weighted by Gasteiger charge is -2.20. The molecule has 1 heterocycles. The summed E-state index contributed by atoms with van der Waals surface area (Å²) in [4.78, 5) is 29.2. The summed E-state index contributed by atoms with van der Waals surface area (Å²) in [5.41, 5.74) is 6.01. The first kappa shape index (κ1) is 28.0. The molecule has 2 amide bonds. The number of hydrogen-bond acceptors (Lipinski definition) is 5. The highest BCUT2D eigenvalue weighted by atomic mass is 35.5. The third-order valence-corrected chi connectivity index (χ3v) is 6.95. The van der Waals surface area contributed by atoms with E-state index in [1.807, 2.05) is 104 Å². The molecule has 0 aliphatic carbocycles. The number of benzene rings is 4. The van der Waals surface area contributed by atoms with Crippen LogP contribution >= 0.6 is 11.6 Å². The number of fused-ring (bicyclic) bond motifs is 1. The lowest BCUT2D eigenvalue weighted by Crippen LogP contribution is -2.34. The van der Waals surface area contributed by atoms with Crippen LogP contribution in [0.2, 0.25) is 5.02 Å². The van der Waals surface area contributed by atoms with Gasteiger partial charge in [0.25, 0.3) is 5.91 Å². The number of carbonyl (C=O) groups excluding carboxylic acids is 2. The molecule has 0 bridgehead atoms. The Kier molecular flexibility index (Phi) is 8.38. The summed E-state index contributed by atoms with van der Waals surface area (Å²) in [7, 11) is 5.48.